The Morgan fingerprint density at radius 3 is 2.33 bits per heavy atom. The summed E-state index contributed by atoms with van der Waals surface area (Å²) in [6.07, 6.45) is -0.698. The Kier molecular flexibility index (Phi) is 5.67. The van der Waals surface area contributed by atoms with Gasteiger partial charge >= 0.3 is 12.1 Å². The van der Waals surface area contributed by atoms with Gasteiger partial charge in [-0.05, 0) is 29.2 Å². The first-order valence-corrected chi connectivity index (χ1v) is 10.9. The predicted octanol–water partition coefficient (Wildman–Crippen LogP) is 2.90. The standard InChI is InChI=1S/C22H22N2O5S/c1-13(20(25)24-12-30-11-19(24)21(26)27)23-22(28)29-10-18-16-8-4-2-6-14(16)15-7-3-5-9-17(15)18/h2-9,13,18-19H,10-12H2,1H3,(H,23,28)(H,26,27). The second-order valence-electron chi connectivity index (χ2n) is 7.35. The summed E-state index contributed by atoms with van der Waals surface area (Å²) in [5, 5.41) is 11.8. The number of thioether (sulfide) groups is 1. The number of hydrogen-bond acceptors (Lipinski definition) is 5. The number of carbonyl (C=O) groups excluding carboxylic acids is 2. The number of carboxylic acid groups (broad SMARTS) is 1. The molecule has 1 saturated heterocycles. The average Bonchev–Trinajstić information content (AvgIpc) is 3.35. The fourth-order valence-corrected chi connectivity index (χ4v) is 5.15. The minimum Gasteiger partial charge on any atom is -0.480 e. The van der Waals surface area contributed by atoms with Crippen molar-refractivity contribution in [1.29, 1.82) is 0 Å². The minimum absolute atomic E-state index is 0.0690. The van der Waals surface area contributed by atoms with E-state index in [4.69, 9.17) is 4.74 Å². The van der Waals surface area contributed by atoms with Crippen LogP contribution in [0.2, 0.25) is 0 Å². The van der Waals surface area contributed by atoms with Gasteiger partial charge in [-0.2, -0.15) is 0 Å². The van der Waals surface area contributed by atoms with Crippen molar-refractivity contribution in [3.8, 4) is 11.1 Å². The monoisotopic (exact) mass is 426 g/mol. The highest BCUT2D eigenvalue weighted by Gasteiger charge is 2.37. The maximum absolute atomic E-state index is 12.6. The zero-order valence-electron chi connectivity index (χ0n) is 16.4. The lowest BCUT2D eigenvalue weighted by atomic mass is 9.98. The summed E-state index contributed by atoms with van der Waals surface area (Å²) in [5.74, 6) is -0.895. The van der Waals surface area contributed by atoms with E-state index in [1.807, 2.05) is 36.4 Å². The molecule has 2 amide bonds. The lowest BCUT2D eigenvalue weighted by Crippen LogP contribution is -2.51. The third kappa shape index (κ3) is 3.75. The number of hydrogen-bond donors (Lipinski definition) is 2. The van der Waals surface area contributed by atoms with Crippen LogP contribution in [0.3, 0.4) is 0 Å². The SMILES string of the molecule is CC(NC(=O)OCC1c2ccccc2-c2ccccc21)C(=O)N1CSCC1C(=O)O. The van der Waals surface area contributed by atoms with Gasteiger partial charge in [-0.25, -0.2) is 9.59 Å². The van der Waals surface area contributed by atoms with E-state index >= 15 is 0 Å². The van der Waals surface area contributed by atoms with Crippen LogP contribution < -0.4 is 5.32 Å². The summed E-state index contributed by atoms with van der Waals surface area (Å²) < 4.78 is 5.46. The molecular formula is C22H22N2O5S. The molecule has 30 heavy (non-hydrogen) atoms. The van der Waals surface area contributed by atoms with Gasteiger partial charge in [0.2, 0.25) is 5.91 Å². The van der Waals surface area contributed by atoms with Crippen molar-refractivity contribution in [1.82, 2.24) is 10.2 Å². The minimum atomic E-state index is -1.04. The van der Waals surface area contributed by atoms with Crippen molar-refractivity contribution in [2.24, 2.45) is 0 Å². The fourth-order valence-electron chi connectivity index (χ4n) is 3.99. The molecule has 7 nitrogen and oxygen atoms in total. The molecular weight excluding hydrogens is 404 g/mol. The van der Waals surface area contributed by atoms with Crippen LogP contribution in [0.4, 0.5) is 4.79 Å². The number of ether oxygens (including phenoxy) is 1. The van der Waals surface area contributed by atoms with Gasteiger partial charge < -0.3 is 20.1 Å². The quantitative estimate of drug-likeness (QED) is 0.763. The molecule has 0 saturated carbocycles. The zero-order valence-corrected chi connectivity index (χ0v) is 17.2. The number of nitrogens with one attached hydrogen (secondary N) is 1. The average molecular weight is 426 g/mol. The van der Waals surface area contributed by atoms with Gasteiger partial charge in [0.05, 0.1) is 5.88 Å². The van der Waals surface area contributed by atoms with E-state index in [1.54, 1.807) is 0 Å². The van der Waals surface area contributed by atoms with Gasteiger partial charge in [0, 0.05) is 11.7 Å². The molecule has 4 rings (SSSR count). The van der Waals surface area contributed by atoms with Gasteiger partial charge in [0.1, 0.15) is 18.7 Å². The van der Waals surface area contributed by atoms with Crippen LogP contribution in [0.1, 0.15) is 24.0 Å². The van der Waals surface area contributed by atoms with Crippen LogP contribution in [-0.2, 0) is 14.3 Å². The highest BCUT2D eigenvalue weighted by atomic mass is 32.2. The first-order valence-electron chi connectivity index (χ1n) is 9.70. The van der Waals surface area contributed by atoms with Gasteiger partial charge in [0.25, 0.3) is 0 Å². The van der Waals surface area contributed by atoms with Gasteiger partial charge in [-0.3, -0.25) is 4.79 Å². The van der Waals surface area contributed by atoms with Crippen molar-refractivity contribution in [3.05, 3.63) is 59.7 Å². The van der Waals surface area contributed by atoms with E-state index in [1.165, 1.54) is 23.6 Å². The summed E-state index contributed by atoms with van der Waals surface area (Å²) >= 11 is 1.38. The number of carboxylic acids is 1. The molecule has 2 unspecified atom stereocenters. The maximum Gasteiger partial charge on any atom is 0.407 e. The van der Waals surface area contributed by atoms with Crippen LogP contribution in [0, 0.1) is 0 Å². The summed E-state index contributed by atoms with van der Waals surface area (Å²) in [6.45, 7) is 1.68. The Labute approximate surface area is 178 Å². The lowest BCUT2D eigenvalue weighted by Gasteiger charge is -2.24. The number of nitrogens with zero attached hydrogens (tertiary/aromatic N) is 1. The first-order chi connectivity index (χ1) is 14.5. The van der Waals surface area contributed by atoms with Gasteiger partial charge in [-0.15, -0.1) is 11.8 Å². The topological polar surface area (TPSA) is 95.9 Å². The number of aliphatic carboxylic acids is 1. The van der Waals surface area contributed by atoms with Crippen molar-refractivity contribution in [3.63, 3.8) is 0 Å². The number of benzene rings is 2. The predicted molar refractivity (Wildman–Crippen MR) is 113 cm³/mol. The number of amides is 2. The maximum atomic E-state index is 12.6. The smallest absolute Gasteiger partial charge is 0.407 e. The van der Waals surface area contributed by atoms with E-state index < -0.39 is 30.1 Å². The summed E-state index contributed by atoms with van der Waals surface area (Å²) in [4.78, 5) is 37.5. The van der Waals surface area contributed by atoms with Crippen LogP contribution in [-0.4, -0.2) is 58.3 Å². The number of rotatable bonds is 5. The van der Waals surface area contributed by atoms with Crippen molar-refractivity contribution >= 4 is 29.7 Å². The zero-order chi connectivity index (χ0) is 21.3. The molecule has 1 heterocycles. The van der Waals surface area contributed by atoms with Crippen LogP contribution in [0.5, 0.6) is 0 Å². The molecule has 8 heteroatoms. The molecule has 2 atom stereocenters. The van der Waals surface area contributed by atoms with Crippen molar-refractivity contribution in [2.45, 2.75) is 24.9 Å². The molecule has 2 N–H and O–H groups in total. The molecule has 0 radical (unpaired) electrons. The molecule has 0 spiro atoms. The third-order valence-electron chi connectivity index (χ3n) is 5.50. The molecule has 156 valence electrons. The van der Waals surface area contributed by atoms with E-state index in [0.717, 1.165) is 22.3 Å². The highest BCUT2D eigenvalue weighted by Crippen LogP contribution is 2.44. The van der Waals surface area contributed by atoms with Gasteiger partial charge in [0.15, 0.2) is 0 Å². The second-order valence-corrected chi connectivity index (χ2v) is 8.35. The molecule has 0 aromatic heterocycles. The highest BCUT2D eigenvalue weighted by molar-refractivity contribution is 7.99. The molecule has 1 aliphatic carbocycles. The molecule has 0 bridgehead atoms. The Morgan fingerprint density at radius 2 is 1.73 bits per heavy atom. The van der Waals surface area contributed by atoms with E-state index in [9.17, 15) is 19.5 Å². The Hall–Kier alpha value is -3.00. The molecule has 2 aromatic rings. The molecule has 2 aromatic carbocycles. The number of alkyl carbamates (subject to hydrolysis) is 1. The molecule has 1 aliphatic heterocycles. The van der Waals surface area contributed by atoms with Crippen LogP contribution in [0.25, 0.3) is 11.1 Å². The summed E-state index contributed by atoms with van der Waals surface area (Å²) in [7, 11) is 0. The normalized spacial score (nSPS) is 18.4. The fraction of sp³-hybridized carbons (Fsp3) is 0.318. The Bertz CT molecular complexity index is 949. The van der Waals surface area contributed by atoms with Crippen molar-refractivity contribution in [2.75, 3.05) is 18.2 Å². The molecule has 2 aliphatic rings. The van der Waals surface area contributed by atoms with E-state index in [0.29, 0.717) is 11.6 Å². The van der Waals surface area contributed by atoms with E-state index in [2.05, 4.69) is 17.4 Å². The molecule has 1 fully saturated rings. The summed E-state index contributed by atoms with van der Waals surface area (Å²) in [6, 6.07) is 14.3. The number of fused-ring (bicyclic) bond motifs is 3. The first kappa shape index (κ1) is 20.3. The van der Waals surface area contributed by atoms with Crippen LogP contribution >= 0.6 is 11.8 Å². The summed E-state index contributed by atoms with van der Waals surface area (Å²) in [5.41, 5.74) is 4.48. The Morgan fingerprint density at radius 1 is 1.13 bits per heavy atom. The Balaban J connectivity index is 1.38. The number of carbonyl (C=O) groups is 3. The van der Waals surface area contributed by atoms with Crippen molar-refractivity contribution < 1.29 is 24.2 Å². The second kappa shape index (κ2) is 8.39. The van der Waals surface area contributed by atoms with Gasteiger partial charge in [-0.1, -0.05) is 48.5 Å². The third-order valence-corrected chi connectivity index (χ3v) is 6.51. The lowest BCUT2D eigenvalue weighted by molar-refractivity contribution is -0.148. The van der Waals surface area contributed by atoms with E-state index in [-0.39, 0.29) is 12.5 Å². The van der Waals surface area contributed by atoms with Crippen LogP contribution in [0.15, 0.2) is 48.5 Å². The largest absolute Gasteiger partial charge is 0.480 e.